The molecule has 1 aliphatic rings. The van der Waals surface area contributed by atoms with E-state index in [1.807, 2.05) is 14.0 Å². The van der Waals surface area contributed by atoms with Gasteiger partial charge in [0.15, 0.2) is 9.84 Å². The SMILES string of the molecule is CNCc1ccc(N2CCS(=O)(=O)CC2C)cc1. The van der Waals surface area contributed by atoms with Gasteiger partial charge in [0.05, 0.1) is 11.5 Å². The average Bonchev–Trinajstić information content (AvgIpc) is 2.30. The van der Waals surface area contributed by atoms with Crippen molar-refractivity contribution in [2.75, 3.05) is 30.0 Å². The summed E-state index contributed by atoms with van der Waals surface area (Å²) in [6.45, 7) is 3.41. The van der Waals surface area contributed by atoms with Gasteiger partial charge in [-0.3, -0.25) is 0 Å². The third kappa shape index (κ3) is 3.03. The van der Waals surface area contributed by atoms with Crippen LogP contribution in [0, 0.1) is 0 Å². The van der Waals surface area contributed by atoms with Gasteiger partial charge in [-0.15, -0.1) is 0 Å². The minimum atomic E-state index is -2.84. The Balaban J connectivity index is 2.12. The first-order chi connectivity index (χ1) is 8.52. The van der Waals surface area contributed by atoms with Crippen LogP contribution in [0.25, 0.3) is 0 Å². The Labute approximate surface area is 109 Å². The lowest BCUT2D eigenvalue weighted by Gasteiger charge is -2.35. The van der Waals surface area contributed by atoms with E-state index in [2.05, 4.69) is 34.5 Å². The number of nitrogens with one attached hydrogen (secondary N) is 1. The summed E-state index contributed by atoms with van der Waals surface area (Å²) in [4.78, 5) is 2.17. The first-order valence-corrected chi connectivity index (χ1v) is 8.04. The Morgan fingerprint density at radius 1 is 1.33 bits per heavy atom. The van der Waals surface area contributed by atoms with Crippen LogP contribution in [0.5, 0.6) is 0 Å². The minimum absolute atomic E-state index is 0.0545. The molecule has 0 radical (unpaired) electrons. The van der Waals surface area contributed by atoms with Gasteiger partial charge in [0.25, 0.3) is 0 Å². The van der Waals surface area contributed by atoms with Crippen molar-refractivity contribution in [2.24, 2.45) is 0 Å². The maximum atomic E-state index is 11.5. The lowest BCUT2D eigenvalue weighted by atomic mass is 10.1. The van der Waals surface area contributed by atoms with Gasteiger partial charge in [-0.2, -0.15) is 0 Å². The third-order valence-corrected chi connectivity index (χ3v) is 5.11. The van der Waals surface area contributed by atoms with Crippen LogP contribution in [0.15, 0.2) is 24.3 Å². The summed E-state index contributed by atoms with van der Waals surface area (Å²) in [7, 11) is -0.919. The topological polar surface area (TPSA) is 49.4 Å². The van der Waals surface area contributed by atoms with Crippen LogP contribution in [0.3, 0.4) is 0 Å². The first kappa shape index (κ1) is 13.4. The molecular formula is C13H20N2O2S. The Hall–Kier alpha value is -1.07. The Kier molecular flexibility index (Phi) is 3.92. The van der Waals surface area contributed by atoms with Gasteiger partial charge in [0.2, 0.25) is 0 Å². The van der Waals surface area contributed by atoms with Gasteiger partial charge in [0, 0.05) is 24.8 Å². The second-order valence-electron chi connectivity index (χ2n) is 4.85. The zero-order chi connectivity index (χ0) is 13.2. The first-order valence-electron chi connectivity index (χ1n) is 6.22. The van der Waals surface area contributed by atoms with E-state index in [1.54, 1.807) is 0 Å². The number of hydrogen-bond donors (Lipinski definition) is 1. The van der Waals surface area contributed by atoms with Crippen molar-refractivity contribution in [3.63, 3.8) is 0 Å². The smallest absolute Gasteiger partial charge is 0.154 e. The third-order valence-electron chi connectivity index (χ3n) is 3.32. The monoisotopic (exact) mass is 268 g/mol. The molecule has 1 heterocycles. The van der Waals surface area contributed by atoms with Crippen LogP contribution in [0.1, 0.15) is 12.5 Å². The fourth-order valence-electron chi connectivity index (χ4n) is 2.39. The number of hydrogen-bond acceptors (Lipinski definition) is 4. The largest absolute Gasteiger partial charge is 0.367 e. The Morgan fingerprint density at radius 2 is 2.00 bits per heavy atom. The van der Waals surface area contributed by atoms with Crippen LogP contribution in [-0.4, -0.2) is 39.6 Å². The fourth-order valence-corrected chi connectivity index (χ4v) is 3.95. The number of anilines is 1. The Bertz CT molecular complexity index is 496. The summed E-state index contributed by atoms with van der Waals surface area (Å²) in [6, 6.07) is 8.37. The standard InChI is InChI=1S/C13H20N2O2S/c1-11-10-18(16,17)8-7-15(11)13-5-3-12(4-6-13)9-14-2/h3-6,11,14H,7-10H2,1-2H3. The molecule has 1 aromatic carbocycles. The fraction of sp³-hybridized carbons (Fsp3) is 0.538. The molecule has 1 fully saturated rings. The van der Waals surface area contributed by atoms with E-state index < -0.39 is 9.84 Å². The van der Waals surface area contributed by atoms with E-state index in [1.165, 1.54) is 5.56 Å². The maximum Gasteiger partial charge on any atom is 0.154 e. The molecule has 5 heteroatoms. The second kappa shape index (κ2) is 5.28. The van der Waals surface area contributed by atoms with Gasteiger partial charge in [-0.05, 0) is 31.7 Å². The van der Waals surface area contributed by atoms with Crippen LogP contribution >= 0.6 is 0 Å². The van der Waals surface area contributed by atoms with Crippen LogP contribution < -0.4 is 10.2 Å². The van der Waals surface area contributed by atoms with Gasteiger partial charge < -0.3 is 10.2 Å². The van der Waals surface area contributed by atoms with Gasteiger partial charge in [-0.25, -0.2) is 8.42 Å². The van der Waals surface area contributed by atoms with Crippen molar-refractivity contribution in [1.82, 2.24) is 5.32 Å². The number of sulfone groups is 1. The molecule has 0 bridgehead atoms. The van der Waals surface area contributed by atoms with Crippen LogP contribution in [0.2, 0.25) is 0 Å². The molecule has 2 rings (SSSR count). The highest BCUT2D eigenvalue weighted by atomic mass is 32.2. The zero-order valence-corrected chi connectivity index (χ0v) is 11.7. The summed E-state index contributed by atoms with van der Waals surface area (Å²) < 4.78 is 23.1. The molecule has 1 unspecified atom stereocenters. The van der Waals surface area contributed by atoms with E-state index in [-0.39, 0.29) is 17.5 Å². The molecule has 1 N–H and O–H groups in total. The van der Waals surface area contributed by atoms with Crippen LogP contribution in [0.4, 0.5) is 5.69 Å². The van der Waals surface area contributed by atoms with E-state index in [9.17, 15) is 8.42 Å². The van der Waals surface area contributed by atoms with Crippen molar-refractivity contribution in [1.29, 1.82) is 0 Å². The summed E-state index contributed by atoms with van der Waals surface area (Å²) in [5.74, 6) is 0.515. The van der Waals surface area contributed by atoms with Crippen molar-refractivity contribution >= 4 is 15.5 Å². The van der Waals surface area contributed by atoms with Crippen molar-refractivity contribution in [2.45, 2.75) is 19.5 Å². The molecule has 0 amide bonds. The molecule has 0 aliphatic carbocycles. The second-order valence-corrected chi connectivity index (χ2v) is 7.08. The summed E-state index contributed by atoms with van der Waals surface area (Å²) >= 11 is 0. The molecule has 0 aromatic heterocycles. The molecule has 100 valence electrons. The van der Waals surface area contributed by atoms with Gasteiger partial charge >= 0.3 is 0 Å². The summed E-state index contributed by atoms with van der Waals surface area (Å²) in [6.07, 6.45) is 0. The lowest BCUT2D eigenvalue weighted by molar-refractivity contribution is 0.568. The van der Waals surface area contributed by atoms with Crippen molar-refractivity contribution in [3.8, 4) is 0 Å². The minimum Gasteiger partial charge on any atom is -0.367 e. The molecule has 1 atom stereocenters. The van der Waals surface area contributed by atoms with E-state index in [0.717, 1.165) is 12.2 Å². The molecule has 1 aromatic rings. The molecule has 18 heavy (non-hydrogen) atoms. The normalized spacial score (nSPS) is 23.0. The quantitative estimate of drug-likeness (QED) is 0.889. The van der Waals surface area contributed by atoms with Gasteiger partial charge in [-0.1, -0.05) is 12.1 Å². The van der Waals surface area contributed by atoms with Crippen molar-refractivity contribution in [3.05, 3.63) is 29.8 Å². The lowest BCUT2D eigenvalue weighted by Crippen LogP contribution is -2.47. The molecule has 0 saturated carbocycles. The highest BCUT2D eigenvalue weighted by molar-refractivity contribution is 7.91. The van der Waals surface area contributed by atoms with E-state index in [0.29, 0.717) is 6.54 Å². The van der Waals surface area contributed by atoms with Gasteiger partial charge in [0.1, 0.15) is 0 Å². The van der Waals surface area contributed by atoms with E-state index in [4.69, 9.17) is 0 Å². The van der Waals surface area contributed by atoms with Crippen molar-refractivity contribution < 1.29 is 8.42 Å². The number of rotatable bonds is 3. The Morgan fingerprint density at radius 3 is 2.56 bits per heavy atom. The highest BCUT2D eigenvalue weighted by Crippen LogP contribution is 2.22. The molecule has 4 nitrogen and oxygen atoms in total. The zero-order valence-electron chi connectivity index (χ0n) is 10.9. The molecule has 1 aliphatic heterocycles. The highest BCUT2D eigenvalue weighted by Gasteiger charge is 2.27. The van der Waals surface area contributed by atoms with Crippen LogP contribution in [-0.2, 0) is 16.4 Å². The molecule has 0 spiro atoms. The predicted octanol–water partition coefficient (Wildman–Crippen LogP) is 1.03. The molecular weight excluding hydrogens is 248 g/mol. The number of nitrogens with zero attached hydrogens (tertiary/aromatic N) is 1. The summed E-state index contributed by atoms with van der Waals surface area (Å²) in [5.41, 5.74) is 2.34. The maximum absolute atomic E-state index is 11.5. The number of benzene rings is 1. The predicted molar refractivity (Wildman–Crippen MR) is 74.7 cm³/mol. The average molecular weight is 268 g/mol. The summed E-state index contributed by atoms with van der Waals surface area (Å²) in [5, 5.41) is 3.11. The van der Waals surface area contributed by atoms with E-state index >= 15 is 0 Å². The molecule has 1 saturated heterocycles.